The Bertz CT molecular complexity index is 749. The van der Waals surface area contributed by atoms with E-state index in [1.54, 1.807) is 0 Å². The number of carbonyl (C=O) groups excluding carboxylic acids is 2. The van der Waals surface area contributed by atoms with Crippen LogP contribution in [-0.2, 0) is 19.4 Å². The van der Waals surface area contributed by atoms with E-state index in [2.05, 4.69) is 0 Å². The number of rotatable bonds is 6. The minimum Gasteiger partial charge on any atom is -0.618 e. The fraction of sp³-hybridized carbons (Fsp3) is 0.562. The number of pyridine rings is 1. The Hall–Kier alpha value is -2.16. The number of aromatic nitrogens is 1. The van der Waals surface area contributed by atoms with Crippen LogP contribution in [0.15, 0.2) is 24.4 Å². The lowest BCUT2D eigenvalue weighted by Crippen LogP contribution is -2.48. The Morgan fingerprint density at radius 3 is 2.72 bits per heavy atom. The average molecular weight is 370 g/mol. The van der Waals surface area contributed by atoms with Gasteiger partial charge >= 0.3 is 11.7 Å². The van der Waals surface area contributed by atoms with E-state index in [0.29, 0.717) is 17.6 Å². The molecule has 1 fully saturated rings. The highest BCUT2D eigenvalue weighted by Gasteiger charge is 2.37. The standard InChI is InChI=1S/C16H22N2O6S/c1-3-12(2)18(13-7-9-25(22,23)11-13)15(19)10-24-16(20)14-6-4-5-8-17(14)21/h4-6,8,12-13H,3,7,9-11H2,1-2H3/t12-,13+/m1/s1. The minimum absolute atomic E-state index is 0.0534. The van der Waals surface area contributed by atoms with Crippen LogP contribution in [0, 0.1) is 5.21 Å². The first-order valence-electron chi connectivity index (χ1n) is 8.12. The molecule has 2 heterocycles. The van der Waals surface area contributed by atoms with Crippen LogP contribution in [-0.4, -0.2) is 55.4 Å². The van der Waals surface area contributed by atoms with E-state index in [1.807, 2.05) is 13.8 Å². The molecule has 1 aliphatic heterocycles. The molecule has 1 aliphatic rings. The highest BCUT2D eigenvalue weighted by molar-refractivity contribution is 7.91. The predicted octanol–water partition coefficient (Wildman–Crippen LogP) is 0.291. The summed E-state index contributed by atoms with van der Waals surface area (Å²) in [6, 6.07) is 3.70. The van der Waals surface area contributed by atoms with Crippen LogP contribution in [0.5, 0.6) is 0 Å². The molecule has 1 aromatic rings. The maximum atomic E-state index is 12.5. The van der Waals surface area contributed by atoms with Gasteiger partial charge in [-0.1, -0.05) is 6.92 Å². The number of nitrogens with zero attached hydrogens (tertiary/aromatic N) is 2. The van der Waals surface area contributed by atoms with Crippen molar-refractivity contribution >= 4 is 21.7 Å². The molecule has 25 heavy (non-hydrogen) atoms. The molecule has 1 amide bonds. The zero-order valence-corrected chi connectivity index (χ0v) is 15.1. The molecule has 8 nitrogen and oxygen atoms in total. The Labute approximate surface area is 146 Å². The van der Waals surface area contributed by atoms with Crippen molar-refractivity contribution in [2.24, 2.45) is 0 Å². The van der Waals surface area contributed by atoms with Gasteiger partial charge in [-0.2, -0.15) is 4.73 Å². The van der Waals surface area contributed by atoms with E-state index < -0.39 is 34.4 Å². The molecule has 0 aromatic carbocycles. The monoisotopic (exact) mass is 370 g/mol. The first-order valence-corrected chi connectivity index (χ1v) is 9.94. The summed E-state index contributed by atoms with van der Waals surface area (Å²) in [5, 5.41) is 11.5. The highest BCUT2D eigenvalue weighted by Crippen LogP contribution is 2.21. The van der Waals surface area contributed by atoms with Gasteiger partial charge in [0.2, 0.25) is 0 Å². The summed E-state index contributed by atoms with van der Waals surface area (Å²) < 4.78 is 28.7. The summed E-state index contributed by atoms with van der Waals surface area (Å²) in [7, 11) is -3.14. The molecular formula is C16H22N2O6S. The molecule has 1 aromatic heterocycles. The lowest BCUT2D eigenvalue weighted by molar-refractivity contribution is -0.608. The molecule has 0 radical (unpaired) electrons. The van der Waals surface area contributed by atoms with Gasteiger partial charge in [-0.15, -0.1) is 0 Å². The van der Waals surface area contributed by atoms with Crippen molar-refractivity contribution in [3.05, 3.63) is 35.3 Å². The number of ether oxygens (including phenoxy) is 1. The van der Waals surface area contributed by atoms with E-state index >= 15 is 0 Å². The molecule has 0 N–H and O–H groups in total. The van der Waals surface area contributed by atoms with Crippen molar-refractivity contribution in [1.82, 2.24) is 4.90 Å². The summed E-state index contributed by atoms with van der Waals surface area (Å²) >= 11 is 0. The maximum Gasteiger partial charge on any atom is 0.405 e. The number of amides is 1. The van der Waals surface area contributed by atoms with E-state index in [1.165, 1.54) is 23.1 Å². The van der Waals surface area contributed by atoms with Crippen LogP contribution in [0.3, 0.4) is 0 Å². The van der Waals surface area contributed by atoms with E-state index in [4.69, 9.17) is 4.74 Å². The van der Waals surface area contributed by atoms with E-state index in [9.17, 15) is 23.2 Å². The van der Waals surface area contributed by atoms with Crippen LogP contribution in [0.2, 0.25) is 0 Å². The maximum absolute atomic E-state index is 12.5. The van der Waals surface area contributed by atoms with Gasteiger partial charge in [-0.05, 0) is 25.8 Å². The van der Waals surface area contributed by atoms with Crippen molar-refractivity contribution in [1.29, 1.82) is 0 Å². The van der Waals surface area contributed by atoms with Crippen LogP contribution < -0.4 is 4.73 Å². The minimum atomic E-state index is -3.14. The summed E-state index contributed by atoms with van der Waals surface area (Å²) in [5.41, 5.74) is -0.214. The van der Waals surface area contributed by atoms with Gasteiger partial charge in [-0.3, -0.25) is 4.79 Å². The smallest absolute Gasteiger partial charge is 0.405 e. The largest absolute Gasteiger partial charge is 0.618 e. The molecule has 0 aliphatic carbocycles. The van der Waals surface area contributed by atoms with Gasteiger partial charge in [0.15, 0.2) is 22.6 Å². The van der Waals surface area contributed by atoms with Crippen LogP contribution >= 0.6 is 0 Å². The van der Waals surface area contributed by atoms with Crippen LogP contribution in [0.25, 0.3) is 0 Å². The molecule has 1 saturated heterocycles. The lowest BCUT2D eigenvalue weighted by atomic mass is 10.1. The normalized spacial score (nSPS) is 20.0. The number of carbonyl (C=O) groups is 2. The number of hydrogen-bond donors (Lipinski definition) is 0. The highest BCUT2D eigenvalue weighted by atomic mass is 32.2. The average Bonchev–Trinajstić information content (AvgIpc) is 2.92. The summed E-state index contributed by atoms with van der Waals surface area (Å²) in [5.74, 6) is -1.38. The van der Waals surface area contributed by atoms with Crippen molar-refractivity contribution < 1.29 is 27.5 Å². The fourth-order valence-corrected chi connectivity index (χ4v) is 4.57. The van der Waals surface area contributed by atoms with Gasteiger partial charge < -0.3 is 14.8 Å². The number of hydrogen-bond acceptors (Lipinski definition) is 6. The first kappa shape index (κ1) is 19.2. The second-order valence-corrected chi connectivity index (χ2v) is 8.33. The van der Waals surface area contributed by atoms with E-state index in [-0.39, 0.29) is 23.2 Å². The number of esters is 1. The molecule has 0 unspecified atom stereocenters. The zero-order chi connectivity index (χ0) is 18.6. The SMILES string of the molecule is CC[C@@H](C)N(C(=O)COC(=O)c1cccc[n+]1[O-])[C@H]1CCS(=O)(=O)C1. The number of sulfone groups is 1. The first-order chi connectivity index (χ1) is 11.7. The van der Waals surface area contributed by atoms with Crippen molar-refractivity contribution in [2.75, 3.05) is 18.1 Å². The van der Waals surface area contributed by atoms with Gasteiger partial charge in [-0.25, -0.2) is 13.2 Å². The Balaban J connectivity index is 2.05. The third kappa shape index (κ3) is 4.68. The Morgan fingerprint density at radius 2 is 2.16 bits per heavy atom. The third-order valence-corrected chi connectivity index (χ3v) is 6.07. The topological polar surface area (TPSA) is 108 Å². The molecule has 2 atom stereocenters. The van der Waals surface area contributed by atoms with Gasteiger partial charge in [0, 0.05) is 24.2 Å². The van der Waals surface area contributed by atoms with Gasteiger partial charge in [0.1, 0.15) is 0 Å². The molecule has 9 heteroatoms. The molecule has 138 valence electrons. The lowest BCUT2D eigenvalue weighted by Gasteiger charge is -2.33. The Kier molecular flexibility index (Phi) is 5.99. The molecule has 0 saturated carbocycles. The molecule has 0 bridgehead atoms. The second-order valence-electron chi connectivity index (χ2n) is 6.10. The molecule has 2 rings (SSSR count). The fourth-order valence-electron chi connectivity index (χ4n) is 2.86. The molecular weight excluding hydrogens is 348 g/mol. The van der Waals surface area contributed by atoms with Crippen molar-refractivity contribution in [3.8, 4) is 0 Å². The zero-order valence-electron chi connectivity index (χ0n) is 14.3. The van der Waals surface area contributed by atoms with Crippen molar-refractivity contribution in [3.63, 3.8) is 0 Å². The third-order valence-electron chi connectivity index (χ3n) is 4.32. The second kappa shape index (κ2) is 7.81. The van der Waals surface area contributed by atoms with Gasteiger partial charge in [0.05, 0.1) is 11.5 Å². The predicted molar refractivity (Wildman–Crippen MR) is 89.3 cm³/mol. The molecule has 0 spiro atoms. The van der Waals surface area contributed by atoms with Crippen molar-refractivity contribution in [2.45, 2.75) is 38.8 Å². The summed E-state index contributed by atoms with van der Waals surface area (Å²) in [6.45, 7) is 3.19. The summed E-state index contributed by atoms with van der Waals surface area (Å²) in [4.78, 5) is 26.0. The summed E-state index contributed by atoms with van der Waals surface area (Å²) in [6.07, 6.45) is 2.19. The Morgan fingerprint density at radius 1 is 1.44 bits per heavy atom. The van der Waals surface area contributed by atoms with E-state index in [0.717, 1.165) is 6.20 Å². The van der Waals surface area contributed by atoms with Crippen LogP contribution in [0.4, 0.5) is 0 Å². The van der Waals surface area contributed by atoms with Crippen LogP contribution in [0.1, 0.15) is 37.2 Å². The van der Waals surface area contributed by atoms with Gasteiger partial charge in [0.25, 0.3) is 5.91 Å². The quantitative estimate of drug-likeness (QED) is 0.405.